The molecule has 0 aromatic heterocycles. The summed E-state index contributed by atoms with van der Waals surface area (Å²) in [5.74, 6) is 1.14. The number of carbonyl (C=O) groups excluding carboxylic acids is 2. The monoisotopic (exact) mass is 432 g/mol. The highest BCUT2D eigenvalue weighted by molar-refractivity contribution is 5.85. The van der Waals surface area contributed by atoms with E-state index in [4.69, 9.17) is 0 Å². The smallest absolute Gasteiger partial charge is 0.226 e. The van der Waals surface area contributed by atoms with Crippen LogP contribution in [0.1, 0.15) is 51.2 Å². The van der Waals surface area contributed by atoms with Crippen molar-refractivity contribution in [1.82, 2.24) is 10.2 Å². The first-order valence-electron chi connectivity index (χ1n) is 12.0. The molecule has 32 heavy (non-hydrogen) atoms. The zero-order valence-electron chi connectivity index (χ0n) is 19.9. The third kappa shape index (κ3) is 4.74. The van der Waals surface area contributed by atoms with Gasteiger partial charge in [-0.25, -0.2) is 0 Å². The third-order valence-electron chi connectivity index (χ3n) is 7.29. The third-order valence-corrected chi connectivity index (χ3v) is 7.29. The molecule has 1 heterocycles. The first-order valence-corrected chi connectivity index (χ1v) is 12.0. The molecule has 2 aliphatic rings. The minimum atomic E-state index is -0.472. The normalized spacial score (nSPS) is 22.0. The maximum absolute atomic E-state index is 13.4. The van der Waals surface area contributed by atoms with Crippen LogP contribution in [0.3, 0.4) is 0 Å². The molecule has 0 radical (unpaired) electrons. The van der Waals surface area contributed by atoms with Gasteiger partial charge in [0.1, 0.15) is 0 Å². The second kappa shape index (κ2) is 9.09. The van der Waals surface area contributed by atoms with Crippen molar-refractivity contribution in [1.29, 1.82) is 0 Å². The highest BCUT2D eigenvalue weighted by Gasteiger charge is 2.46. The quantitative estimate of drug-likeness (QED) is 0.699. The summed E-state index contributed by atoms with van der Waals surface area (Å²) in [6.07, 6.45) is 3.15. The highest BCUT2D eigenvalue weighted by atomic mass is 16.2. The van der Waals surface area contributed by atoms with Crippen LogP contribution in [0.2, 0.25) is 0 Å². The van der Waals surface area contributed by atoms with Gasteiger partial charge in [-0.15, -0.1) is 0 Å². The van der Waals surface area contributed by atoms with E-state index >= 15 is 0 Å². The average molecular weight is 433 g/mol. The van der Waals surface area contributed by atoms with Crippen molar-refractivity contribution in [2.45, 2.75) is 59.4 Å². The molecule has 0 spiro atoms. The van der Waals surface area contributed by atoms with E-state index in [1.807, 2.05) is 18.7 Å². The van der Waals surface area contributed by atoms with E-state index < -0.39 is 5.41 Å². The molecule has 170 valence electrons. The van der Waals surface area contributed by atoms with Gasteiger partial charge in [-0.1, -0.05) is 55.5 Å². The summed E-state index contributed by atoms with van der Waals surface area (Å²) >= 11 is 0. The summed E-state index contributed by atoms with van der Waals surface area (Å²) in [6, 6.07) is 17.1. The number of benzene rings is 2. The molecule has 2 aromatic rings. The predicted molar refractivity (Wildman–Crippen MR) is 129 cm³/mol. The number of nitrogens with one attached hydrogen (secondary N) is 1. The van der Waals surface area contributed by atoms with Crippen LogP contribution >= 0.6 is 0 Å². The summed E-state index contributed by atoms with van der Waals surface area (Å²) in [4.78, 5) is 28.1. The van der Waals surface area contributed by atoms with Crippen LogP contribution in [-0.2, 0) is 16.0 Å². The van der Waals surface area contributed by atoms with Crippen molar-refractivity contribution in [3.05, 3.63) is 59.7 Å². The van der Waals surface area contributed by atoms with Crippen molar-refractivity contribution in [2.75, 3.05) is 13.1 Å². The van der Waals surface area contributed by atoms with E-state index in [1.165, 1.54) is 22.3 Å². The fourth-order valence-electron chi connectivity index (χ4n) is 5.09. The minimum Gasteiger partial charge on any atom is -0.353 e. The van der Waals surface area contributed by atoms with E-state index in [-0.39, 0.29) is 23.8 Å². The standard InChI is InChI=1S/C28H36N2O2/c1-19(2)29-27(32)28(12-14-30(15-13-28)26(31)25-16-21(25)4)18-22-9-7-10-23(17-22)24-11-6-5-8-20(24)3/h5-11,17,19,21,25H,12-16,18H2,1-4H3,(H,29,32)/t21-,25-/m1/s1. The van der Waals surface area contributed by atoms with E-state index in [9.17, 15) is 9.59 Å². The molecular weight excluding hydrogens is 396 g/mol. The number of nitrogens with zero attached hydrogens (tertiary/aromatic N) is 1. The van der Waals surface area contributed by atoms with Crippen LogP contribution in [0.5, 0.6) is 0 Å². The van der Waals surface area contributed by atoms with E-state index in [2.05, 4.69) is 67.7 Å². The molecule has 2 aromatic carbocycles. The van der Waals surface area contributed by atoms with E-state index in [1.54, 1.807) is 0 Å². The van der Waals surface area contributed by atoms with E-state index in [0.717, 1.165) is 6.42 Å². The molecule has 2 atom stereocenters. The number of hydrogen-bond acceptors (Lipinski definition) is 2. The maximum Gasteiger partial charge on any atom is 0.226 e. The molecule has 4 nitrogen and oxygen atoms in total. The molecular formula is C28H36N2O2. The van der Waals surface area contributed by atoms with Crippen LogP contribution < -0.4 is 5.32 Å². The summed E-state index contributed by atoms with van der Waals surface area (Å²) in [5, 5.41) is 3.17. The fourth-order valence-corrected chi connectivity index (χ4v) is 5.09. The number of rotatable bonds is 6. The van der Waals surface area contributed by atoms with Crippen molar-refractivity contribution in [3.63, 3.8) is 0 Å². The Hall–Kier alpha value is -2.62. The number of likely N-dealkylation sites (tertiary alicyclic amines) is 1. The molecule has 1 N–H and O–H groups in total. The Bertz CT molecular complexity index is 988. The summed E-state index contributed by atoms with van der Waals surface area (Å²) < 4.78 is 0. The molecule has 0 unspecified atom stereocenters. The molecule has 2 amide bonds. The van der Waals surface area contributed by atoms with Gasteiger partial charge in [-0.2, -0.15) is 0 Å². The van der Waals surface area contributed by atoms with Crippen molar-refractivity contribution >= 4 is 11.8 Å². The molecule has 1 saturated heterocycles. The molecule has 1 aliphatic heterocycles. The lowest BCUT2D eigenvalue weighted by Crippen LogP contribution is -2.52. The molecule has 2 fully saturated rings. The van der Waals surface area contributed by atoms with Gasteiger partial charge in [0, 0.05) is 25.0 Å². The lowest BCUT2D eigenvalue weighted by molar-refractivity contribution is -0.141. The van der Waals surface area contributed by atoms with Crippen LogP contribution in [0.25, 0.3) is 11.1 Å². The Morgan fingerprint density at radius 1 is 1.09 bits per heavy atom. The molecule has 0 bridgehead atoms. The SMILES string of the molecule is Cc1ccccc1-c1cccc(CC2(C(=O)NC(C)C)CCN(C(=O)[C@@H]3C[C@H]3C)CC2)c1. The number of amides is 2. The Labute approximate surface area is 192 Å². The first kappa shape index (κ1) is 22.6. The lowest BCUT2D eigenvalue weighted by Gasteiger charge is -2.41. The largest absolute Gasteiger partial charge is 0.353 e. The zero-order chi connectivity index (χ0) is 22.9. The van der Waals surface area contributed by atoms with Gasteiger partial charge in [0.2, 0.25) is 11.8 Å². The summed E-state index contributed by atoms with van der Waals surface area (Å²) in [5.41, 5.74) is 4.38. The van der Waals surface area contributed by atoms with Crippen molar-refractivity contribution in [3.8, 4) is 11.1 Å². The maximum atomic E-state index is 13.4. The summed E-state index contributed by atoms with van der Waals surface area (Å²) in [7, 11) is 0. The number of aryl methyl sites for hydroxylation is 1. The van der Waals surface area contributed by atoms with Crippen LogP contribution in [0, 0.1) is 24.2 Å². The Morgan fingerprint density at radius 3 is 2.41 bits per heavy atom. The summed E-state index contributed by atoms with van der Waals surface area (Å²) in [6.45, 7) is 9.65. The molecule has 4 heteroatoms. The molecule has 1 aliphatic carbocycles. The van der Waals surface area contributed by atoms with Gasteiger partial charge in [0.15, 0.2) is 0 Å². The second-order valence-electron chi connectivity index (χ2n) is 10.2. The first-order chi connectivity index (χ1) is 15.3. The number of carbonyl (C=O) groups is 2. The lowest BCUT2D eigenvalue weighted by atomic mass is 9.72. The second-order valence-corrected chi connectivity index (χ2v) is 10.2. The topological polar surface area (TPSA) is 49.4 Å². The van der Waals surface area contributed by atoms with Gasteiger partial charge in [0.05, 0.1) is 5.41 Å². The van der Waals surface area contributed by atoms with Gasteiger partial charge >= 0.3 is 0 Å². The van der Waals surface area contributed by atoms with Crippen LogP contribution in [-0.4, -0.2) is 35.8 Å². The van der Waals surface area contributed by atoms with Crippen LogP contribution in [0.4, 0.5) is 0 Å². The predicted octanol–water partition coefficient (Wildman–Crippen LogP) is 4.99. The van der Waals surface area contributed by atoms with Crippen molar-refractivity contribution < 1.29 is 9.59 Å². The Kier molecular flexibility index (Phi) is 6.41. The fraction of sp³-hybridized carbons (Fsp3) is 0.500. The van der Waals surface area contributed by atoms with Gasteiger partial charge in [-0.05, 0) is 74.6 Å². The average Bonchev–Trinajstić information content (AvgIpc) is 3.50. The number of piperidine rings is 1. The van der Waals surface area contributed by atoms with Crippen molar-refractivity contribution in [2.24, 2.45) is 17.3 Å². The molecule has 1 saturated carbocycles. The van der Waals surface area contributed by atoms with Crippen LogP contribution in [0.15, 0.2) is 48.5 Å². The zero-order valence-corrected chi connectivity index (χ0v) is 19.9. The molecule has 4 rings (SSSR count). The minimum absolute atomic E-state index is 0.102. The Morgan fingerprint density at radius 2 is 1.78 bits per heavy atom. The van der Waals surface area contributed by atoms with Gasteiger partial charge < -0.3 is 10.2 Å². The van der Waals surface area contributed by atoms with Gasteiger partial charge in [0.25, 0.3) is 0 Å². The van der Waals surface area contributed by atoms with Gasteiger partial charge in [-0.3, -0.25) is 9.59 Å². The number of hydrogen-bond donors (Lipinski definition) is 1. The van der Waals surface area contributed by atoms with E-state index in [0.29, 0.717) is 38.3 Å². The Balaban J connectivity index is 1.56. The highest BCUT2D eigenvalue weighted by Crippen LogP contribution is 2.42.